The van der Waals surface area contributed by atoms with Crippen molar-refractivity contribution >= 4 is 11.7 Å². The van der Waals surface area contributed by atoms with Crippen LogP contribution in [0.15, 0.2) is 28.4 Å². The van der Waals surface area contributed by atoms with Crippen LogP contribution in [0.3, 0.4) is 0 Å². The molecular weight excluding hydrogens is 226 g/mol. The van der Waals surface area contributed by atoms with Gasteiger partial charge < -0.3 is 5.73 Å². The highest BCUT2D eigenvalue weighted by Gasteiger charge is 2.23. The molecule has 1 atom stereocenters. The van der Waals surface area contributed by atoms with Crippen LogP contribution < -0.4 is 11.2 Å². The van der Waals surface area contributed by atoms with Gasteiger partial charge in [0.15, 0.2) is 0 Å². The maximum atomic E-state index is 10.5. The molecule has 0 aromatic carbocycles. The number of carbonyl (C=O) groups is 1. The van der Waals surface area contributed by atoms with Gasteiger partial charge in [0.05, 0.1) is 0 Å². The van der Waals surface area contributed by atoms with Crippen molar-refractivity contribution < 1.29 is 4.79 Å². The van der Waals surface area contributed by atoms with E-state index in [1.54, 1.807) is 0 Å². The molecular formula is C14H23N3O. The fourth-order valence-electron chi connectivity index (χ4n) is 2.45. The summed E-state index contributed by atoms with van der Waals surface area (Å²) in [5.41, 5.74) is 12.3. The fourth-order valence-corrected chi connectivity index (χ4v) is 2.45. The van der Waals surface area contributed by atoms with Gasteiger partial charge in [-0.25, -0.2) is 10.2 Å². The lowest BCUT2D eigenvalue weighted by atomic mass is 9.90. The molecule has 4 heteroatoms. The predicted molar refractivity (Wildman–Crippen MR) is 75.3 cm³/mol. The van der Waals surface area contributed by atoms with Crippen LogP contribution in [-0.4, -0.2) is 11.7 Å². The first-order chi connectivity index (χ1) is 8.41. The Morgan fingerprint density at radius 3 is 2.78 bits per heavy atom. The number of primary amides is 1. The van der Waals surface area contributed by atoms with E-state index in [2.05, 4.69) is 31.0 Å². The van der Waals surface area contributed by atoms with Crippen molar-refractivity contribution in [2.75, 3.05) is 0 Å². The summed E-state index contributed by atoms with van der Waals surface area (Å²) >= 11 is 0. The van der Waals surface area contributed by atoms with Crippen LogP contribution in [0.4, 0.5) is 4.79 Å². The van der Waals surface area contributed by atoms with Gasteiger partial charge in [0.2, 0.25) is 0 Å². The minimum absolute atomic E-state index is 0.530. The van der Waals surface area contributed by atoms with Crippen LogP contribution in [0.2, 0.25) is 0 Å². The molecule has 2 amide bonds. The number of amides is 2. The summed E-state index contributed by atoms with van der Waals surface area (Å²) in [6.07, 6.45) is 4.19. The first kappa shape index (κ1) is 14.5. The Hall–Kier alpha value is -1.58. The Bertz CT molecular complexity index is 407. The number of carbonyl (C=O) groups excluding carboxylic acids is 1. The number of urea groups is 1. The molecule has 0 heterocycles. The van der Waals surface area contributed by atoms with Crippen LogP contribution in [-0.2, 0) is 0 Å². The summed E-state index contributed by atoms with van der Waals surface area (Å²) in [7, 11) is 0. The number of allylic oxidation sites excluding steroid dienone is 3. The summed E-state index contributed by atoms with van der Waals surface area (Å²) in [5, 5.41) is 3.93. The monoisotopic (exact) mass is 249 g/mol. The molecule has 100 valence electrons. The molecule has 0 saturated heterocycles. The molecule has 0 radical (unpaired) electrons. The summed E-state index contributed by atoms with van der Waals surface area (Å²) in [4.78, 5) is 10.5. The van der Waals surface area contributed by atoms with Crippen molar-refractivity contribution in [2.45, 2.75) is 46.5 Å². The van der Waals surface area contributed by atoms with E-state index in [0.29, 0.717) is 5.92 Å². The lowest BCUT2D eigenvalue weighted by Gasteiger charge is -2.15. The van der Waals surface area contributed by atoms with Crippen LogP contribution >= 0.6 is 0 Å². The van der Waals surface area contributed by atoms with Gasteiger partial charge in [-0.3, -0.25) is 0 Å². The van der Waals surface area contributed by atoms with E-state index < -0.39 is 6.03 Å². The normalized spacial score (nSPS) is 20.2. The fraction of sp³-hybridized carbons (Fsp3) is 0.571. The SMILES string of the molecule is C=C(C)C1CCC(C)=C1CC/C(C)=N\NC(N)=O. The van der Waals surface area contributed by atoms with Gasteiger partial charge in [-0.1, -0.05) is 23.3 Å². The second-order valence-corrected chi connectivity index (χ2v) is 5.07. The first-order valence-corrected chi connectivity index (χ1v) is 6.34. The molecule has 1 rings (SSSR count). The van der Waals surface area contributed by atoms with E-state index >= 15 is 0 Å². The molecule has 0 saturated carbocycles. The summed E-state index contributed by atoms with van der Waals surface area (Å²) in [6, 6.07) is -0.620. The number of hydrogen-bond donors (Lipinski definition) is 2. The first-order valence-electron chi connectivity index (χ1n) is 6.34. The second-order valence-electron chi connectivity index (χ2n) is 5.07. The van der Waals surface area contributed by atoms with Crippen LogP contribution in [0.25, 0.3) is 0 Å². The van der Waals surface area contributed by atoms with Gasteiger partial charge in [-0.2, -0.15) is 5.10 Å². The van der Waals surface area contributed by atoms with Gasteiger partial charge >= 0.3 is 6.03 Å². The molecule has 1 aliphatic rings. The standard InChI is InChI=1S/C14H23N3O/c1-9(2)12-7-5-10(3)13(12)8-6-11(4)16-17-14(15)18/h12H,1,5-8H2,2-4H3,(H3,15,17,18)/b16-11-. The number of nitrogens with zero attached hydrogens (tertiary/aromatic N) is 1. The molecule has 1 aliphatic carbocycles. The van der Waals surface area contributed by atoms with Crippen molar-refractivity contribution in [1.29, 1.82) is 0 Å². The van der Waals surface area contributed by atoms with Gasteiger partial charge in [0.1, 0.15) is 0 Å². The van der Waals surface area contributed by atoms with E-state index in [4.69, 9.17) is 5.73 Å². The number of nitrogens with two attached hydrogens (primary N) is 1. The molecule has 0 aliphatic heterocycles. The zero-order chi connectivity index (χ0) is 13.7. The topological polar surface area (TPSA) is 67.5 Å². The summed E-state index contributed by atoms with van der Waals surface area (Å²) in [5.74, 6) is 0.530. The molecule has 0 fully saturated rings. The summed E-state index contributed by atoms with van der Waals surface area (Å²) in [6.45, 7) is 10.3. The minimum Gasteiger partial charge on any atom is -0.350 e. The predicted octanol–water partition coefficient (Wildman–Crippen LogP) is 3.11. The molecule has 0 aromatic heterocycles. The zero-order valence-electron chi connectivity index (χ0n) is 11.5. The van der Waals surface area contributed by atoms with Gasteiger partial charge in [0, 0.05) is 11.6 Å². The molecule has 4 nitrogen and oxygen atoms in total. The van der Waals surface area contributed by atoms with E-state index in [-0.39, 0.29) is 0 Å². The van der Waals surface area contributed by atoms with E-state index in [1.165, 1.54) is 29.6 Å². The van der Waals surface area contributed by atoms with E-state index in [9.17, 15) is 4.79 Å². The average molecular weight is 249 g/mol. The quantitative estimate of drug-likeness (QED) is 0.439. The Morgan fingerprint density at radius 2 is 2.22 bits per heavy atom. The lowest BCUT2D eigenvalue weighted by Crippen LogP contribution is -2.25. The maximum absolute atomic E-state index is 10.5. The molecule has 18 heavy (non-hydrogen) atoms. The third-order valence-corrected chi connectivity index (χ3v) is 3.48. The van der Waals surface area contributed by atoms with E-state index in [0.717, 1.165) is 18.6 Å². The van der Waals surface area contributed by atoms with Crippen LogP contribution in [0, 0.1) is 5.92 Å². The third kappa shape index (κ3) is 4.02. The van der Waals surface area contributed by atoms with E-state index in [1.807, 2.05) is 6.92 Å². The van der Waals surface area contributed by atoms with Crippen LogP contribution in [0.5, 0.6) is 0 Å². The molecule has 0 aromatic rings. The van der Waals surface area contributed by atoms with Crippen LogP contribution in [0.1, 0.15) is 46.5 Å². The molecule has 1 unspecified atom stereocenters. The number of hydrogen-bond acceptors (Lipinski definition) is 2. The minimum atomic E-state index is -0.620. The van der Waals surface area contributed by atoms with Crippen molar-refractivity contribution in [1.82, 2.24) is 5.43 Å². The number of hydrazone groups is 1. The van der Waals surface area contributed by atoms with Gasteiger partial charge in [0.25, 0.3) is 0 Å². The molecule has 3 N–H and O–H groups in total. The molecule has 0 bridgehead atoms. The summed E-state index contributed by atoms with van der Waals surface area (Å²) < 4.78 is 0. The third-order valence-electron chi connectivity index (χ3n) is 3.48. The van der Waals surface area contributed by atoms with Gasteiger partial charge in [-0.05, 0) is 46.5 Å². The number of nitrogens with one attached hydrogen (secondary N) is 1. The highest BCUT2D eigenvalue weighted by atomic mass is 16.2. The zero-order valence-corrected chi connectivity index (χ0v) is 11.5. The smallest absolute Gasteiger partial charge is 0.332 e. The van der Waals surface area contributed by atoms with Crippen molar-refractivity contribution in [3.05, 3.63) is 23.3 Å². The highest BCUT2D eigenvalue weighted by molar-refractivity contribution is 5.83. The van der Waals surface area contributed by atoms with Gasteiger partial charge in [-0.15, -0.1) is 0 Å². The lowest BCUT2D eigenvalue weighted by molar-refractivity contribution is 0.249. The Labute approximate surface area is 109 Å². The molecule has 0 spiro atoms. The second kappa shape index (κ2) is 6.38. The van der Waals surface area contributed by atoms with Crippen molar-refractivity contribution in [2.24, 2.45) is 16.8 Å². The Balaban J connectivity index is 2.57. The Morgan fingerprint density at radius 1 is 1.56 bits per heavy atom. The maximum Gasteiger partial charge on any atom is 0.332 e. The number of rotatable bonds is 5. The average Bonchev–Trinajstić information content (AvgIpc) is 2.65. The van der Waals surface area contributed by atoms with Crippen molar-refractivity contribution in [3.63, 3.8) is 0 Å². The largest absolute Gasteiger partial charge is 0.350 e. The van der Waals surface area contributed by atoms with Crippen molar-refractivity contribution in [3.8, 4) is 0 Å². The Kier molecular flexibility index (Phi) is 5.13. The highest BCUT2D eigenvalue weighted by Crippen LogP contribution is 2.38.